The van der Waals surface area contributed by atoms with E-state index >= 15 is 0 Å². The number of nitrogens with one attached hydrogen (secondary N) is 1. The predicted molar refractivity (Wildman–Crippen MR) is 92.4 cm³/mol. The van der Waals surface area contributed by atoms with Gasteiger partial charge in [0.1, 0.15) is 0 Å². The lowest BCUT2D eigenvalue weighted by Gasteiger charge is -2.36. The van der Waals surface area contributed by atoms with Gasteiger partial charge in [0.2, 0.25) is 0 Å². The largest absolute Gasteiger partial charge is 0.369 e. The first-order valence-electron chi connectivity index (χ1n) is 8.09. The standard InChI is InChI=1S/C17H28ClN3/c1-15(2)7-8-19-9-10-20-11-13-21(14-12-20)17-5-3-16(18)4-6-17/h3-6,15,19H,7-14H2,1-2H3. The molecule has 0 spiro atoms. The lowest BCUT2D eigenvalue weighted by Crippen LogP contribution is -2.48. The third kappa shape index (κ3) is 5.85. The number of hydrogen-bond acceptors (Lipinski definition) is 3. The Bertz CT molecular complexity index is 397. The molecule has 0 amide bonds. The van der Waals surface area contributed by atoms with E-state index in [4.69, 9.17) is 11.6 Å². The summed E-state index contributed by atoms with van der Waals surface area (Å²) in [7, 11) is 0. The fraction of sp³-hybridized carbons (Fsp3) is 0.647. The third-order valence-corrected chi connectivity index (χ3v) is 4.32. The van der Waals surface area contributed by atoms with Gasteiger partial charge in [0.05, 0.1) is 0 Å². The van der Waals surface area contributed by atoms with Crippen LogP contribution in [-0.2, 0) is 0 Å². The summed E-state index contributed by atoms with van der Waals surface area (Å²) in [5.74, 6) is 0.792. The normalized spacial score (nSPS) is 16.7. The number of piperazine rings is 1. The van der Waals surface area contributed by atoms with Crippen molar-refractivity contribution in [2.24, 2.45) is 5.92 Å². The molecule has 0 bridgehead atoms. The lowest BCUT2D eigenvalue weighted by molar-refractivity contribution is 0.257. The van der Waals surface area contributed by atoms with Crippen LogP contribution in [0.2, 0.25) is 5.02 Å². The van der Waals surface area contributed by atoms with Gasteiger partial charge in [-0.1, -0.05) is 25.4 Å². The van der Waals surface area contributed by atoms with Crippen LogP contribution in [0.15, 0.2) is 24.3 Å². The zero-order valence-corrected chi connectivity index (χ0v) is 14.1. The Morgan fingerprint density at radius 2 is 1.71 bits per heavy atom. The number of rotatable bonds is 7. The second kappa shape index (κ2) is 8.62. The molecule has 1 saturated heterocycles. The minimum Gasteiger partial charge on any atom is -0.369 e. The molecule has 2 rings (SSSR count). The first-order valence-corrected chi connectivity index (χ1v) is 8.46. The van der Waals surface area contributed by atoms with Crippen LogP contribution in [0, 0.1) is 5.92 Å². The van der Waals surface area contributed by atoms with Crippen LogP contribution >= 0.6 is 11.6 Å². The van der Waals surface area contributed by atoms with E-state index < -0.39 is 0 Å². The number of anilines is 1. The Balaban J connectivity index is 1.63. The quantitative estimate of drug-likeness (QED) is 0.781. The molecular weight excluding hydrogens is 282 g/mol. The number of benzene rings is 1. The van der Waals surface area contributed by atoms with Gasteiger partial charge in [-0.25, -0.2) is 0 Å². The fourth-order valence-electron chi connectivity index (χ4n) is 2.63. The second-order valence-corrected chi connectivity index (χ2v) is 6.67. The van der Waals surface area contributed by atoms with E-state index in [1.54, 1.807) is 0 Å². The maximum absolute atomic E-state index is 5.94. The van der Waals surface area contributed by atoms with Crippen molar-refractivity contribution in [3.63, 3.8) is 0 Å². The van der Waals surface area contributed by atoms with Gasteiger partial charge < -0.3 is 10.2 Å². The number of hydrogen-bond donors (Lipinski definition) is 1. The van der Waals surface area contributed by atoms with Crippen LogP contribution in [0.4, 0.5) is 5.69 Å². The number of nitrogens with zero attached hydrogens (tertiary/aromatic N) is 2. The van der Waals surface area contributed by atoms with E-state index in [0.717, 1.165) is 56.8 Å². The fourth-order valence-corrected chi connectivity index (χ4v) is 2.76. The van der Waals surface area contributed by atoms with Gasteiger partial charge in [0.15, 0.2) is 0 Å². The van der Waals surface area contributed by atoms with E-state index in [1.807, 2.05) is 12.1 Å². The average molecular weight is 310 g/mol. The Labute approximate surface area is 134 Å². The van der Waals surface area contributed by atoms with Crippen molar-refractivity contribution >= 4 is 17.3 Å². The highest BCUT2D eigenvalue weighted by molar-refractivity contribution is 6.30. The van der Waals surface area contributed by atoms with Gasteiger partial charge >= 0.3 is 0 Å². The first-order chi connectivity index (χ1) is 10.1. The summed E-state index contributed by atoms with van der Waals surface area (Å²) in [5, 5.41) is 4.35. The summed E-state index contributed by atoms with van der Waals surface area (Å²) in [6.45, 7) is 12.5. The van der Waals surface area contributed by atoms with E-state index in [2.05, 4.69) is 41.1 Å². The molecule has 0 atom stereocenters. The molecule has 0 radical (unpaired) electrons. The van der Waals surface area contributed by atoms with Crippen LogP contribution in [0.25, 0.3) is 0 Å². The molecule has 118 valence electrons. The average Bonchev–Trinajstić information content (AvgIpc) is 2.48. The summed E-state index contributed by atoms with van der Waals surface area (Å²) in [6.07, 6.45) is 1.27. The Hall–Kier alpha value is -0.770. The highest BCUT2D eigenvalue weighted by atomic mass is 35.5. The van der Waals surface area contributed by atoms with Gasteiger partial charge in [-0.2, -0.15) is 0 Å². The molecule has 0 unspecified atom stereocenters. The van der Waals surface area contributed by atoms with Crippen molar-refractivity contribution in [1.82, 2.24) is 10.2 Å². The Morgan fingerprint density at radius 1 is 1.05 bits per heavy atom. The molecule has 1 aliphatic heterocycles. The summed E-state index contributed by atoms with van der Waals surface area (Å²) in [4.78, 5) is 4.99. The molecule has 1 aliphatic rings. The van der Waals surface area contributed by atoms with Crippen LogP contribution in [0.1, 0.15) is 20.3 Å². The maximum Gasteiger partial charge on any atom is 0.0407 e. The van der Waals surface area contributed by atoms with Crippen LogP contribution in [-0.4, -0.2) is 50.7 Å². The summed E-state index contributed by atoms with van der Waals surface area (Å²) >= 11 is 5.94. The van der Waals surface area contributed by atoms with Gasteiger partial charge in [0.25, 0.3) is 0 Å². The molecule has 1 aromatic carbocycles. The number of halogens is 1. The van der Waals surface area contributed by atoms with Gasteiger partial charge in [-0.3, -0.25) is 4.90 Å². The van der Waals surface area contributed by atoms with Gasteiger partial charge in [0, 0.05) is 50.0 Å². The zero-order chi connectivity index (χ0) is 15.1. The van der Waals surface area contributed by atoms with Crippen molar-refractivity contribution < 1.29 is 0 Å². The third-order valence-electron chi connectivity index (χ3n) is 4.07. The topological polar surface area (TPSA) is 18.5 Å². The van der Waals surface area contributed by atoms with Crippen molar-refractivity contribution in [3.8, 4) is 0 Å². The van der Waals surface area contributed by atoms with Gasteiger partial charge in [-0.15, -0.1) is 0 Å². The van der Waals surface area contributed by atoms with E-state index in [0.29, 0.717) is 0 Å². The molecular formula is C17H28ClN3. The summed E-state index contributed by atoms with van der Waals surface area (Å²) in [6, 6.07) is 8.18. The van der Waals surface area contributed by atoms with Crippen molar-refractivity contribution in [1.29, 1.82) is 0 Å². The summed E-state index contributed by atoms with van der Waals surface area (Å²) < 4.78 is 0. The highest BCUT2D eigenvalue weighted by Crippen LogP contribution is 2.19. The molecule has 0 aromatic heterocycles. The van der Waals surface area contributed by atoms with E-state index in [1.165, 1.54) is 12.1 Å². The smallest absolute Gasteiger partial charge is 0.0407 e. The minimum atomic E-state index is 0.792. The summed E-state index contributed by atoms with van der Waals surface area (Å²) in [5.41, 5.74) is 1.29. The molecule has 4 heteroatoms. The Morgan fingerprint density at radius 3 is 2.33 bits per heavy atom. The first kappa shape index (κ1) is 16.6. The highest BCUT2D eigenvalue weighted by Gasteiger charge is 2.16. The van der Waals surface area contributed by atoms with Gasteiger partial charge in [-0.05, 0) is 43.1 Å². The lowest BCUT2D eigenvalue weighted by atomic mass is 10.1. The molecule has 1 aromatic rings. The zero-order valence-electron chi connectivity index (χ0n) is 13.3. The van der Waals surface area contributed by atoms with Crippen LogP contribution in [0.5, 0.6) is 0 Å². The van der Waals surface area contributed by atoms with Crippen molar-refractivity contribution in [2.45, 2.75) is 20.3 Å². The minimum absolute atomic E-state index is 0.792. The van der Waals surface area contributed by atoms with E-state index in [-0.39, 0.29) is 0 Å². The van der Waals surface area contributed by atoms with Crippen LogP contribution in [0.3, 0.4) is 0 Å². The molecule has 1 N–H and O–H groups in total. The monoisotopic (exact) mass is 309 g/mol. The second-order valence-electron chi connectivity index (χ2n) is 6.24. The van der Waals surface area contributed by atoms with E-state index in [9.17, 15) is 0 Å². The molecule has 0 saturated carbocycles. The molecule has 1 heterocycles. The maximum atomic E-state index is 5.94. The Kier molecular flexibility index (Phi) is 6.81. The van der Waals surface area contributed by atoms with Crippen LogP contribution < -0.4 is 10.2 Å². The molecule has 0 aliphatic carbocycles. The predicted octanol–water partition coefficient (Wildman–Crippen LogP) is 3.10. The molecule has 1 fully saturated rings. The van der Waals surface area contributed by atoms with Crippen molar-refractivity contribution in [3.05, 3.63) is 29.3 Å². The SMILES string of the molecule is CC(C)CCNCCN1CCN(c2ccc(Cl)cc2)CC1. The molecule has 3 nitrogen and oxygen atoms in total. The molecule has 21 heavy (non-hydrogen) atoms. The van der Waals surface area contributed by atoms with Crippen molar-refractivity contribution in [2.75, 3.05) is 50.7 Å².